The van der Waals surface area contributed by atoms with Gasteiger partial charge in [0, 0.05) is 30.3 Å². The van der Waals surface area contributed by atoms with Gasteiger partial charge >= 0.3 is 0 Å². The molecular weight excluding hydrogens is 246 g/mol. The molecule has 0 amide bonds. The van der Waals surface area contributed by atoms with Crippen molar-refractivity contribution in [3.63, 3.8) is 0 Å². The van der Waals surface area contributed by atoms with Crippen LogP contribution < -0.4 is 0 Å². The summed E-state index contributed by atoms with van der Waals surface area (Å²) in [6.07, 6.45) is 3.78. The van der Waals surface area contributed by atoms with Gasteiger partial charge in [0.1, 0.15) is 0 Å². The molecule has 14 heavy (non-hydrogen) atoms. The molecule has 0 N–H and O–H groups in total. The van der Waals surface area contributed by atoms with Crippen molar-refractivity contribution < 1.29 is 0 Å². The fraction of sp³-hybridized carbons (Fsp3) is 0.250. The molecule has 70 valence electrons. The highest BCUT2D eigenvalue weighted by Gasteiger charge is 1.89. The summed E-state index contributed by atoms with van der Waals surface area (Å²) in [6.45, 7) is 0.375. The van der Waals surface area contributed by atoms with Crippen LogP contribution in [0.2, 0.25) is 0 Å². The number of rotatable bonds is 2. The normalized spacial score (nSPS) is 8.36. The van der Waals surface area contributed by atoms with E-state index in [1.807, 2.05) is 0 Å². The zero-order valence-corrected chi connectivity index (χ0v) is 8.77. The molecule has 0 atom stereocenters. The van der Waals surface area contributed by atoms with Gasteiger partial charge in [-0.05, 0) is 27.4 Å². The first-order chi connectivity index (χ1) is 6.83. The molecule has 0 aliphatic carbocycles. The van der Waals surface area contributed by atoms with Crippen molar-refractivity contribution in [1.29, 1.82) is 0 Å². The third kappa shape index (κ3) is 3.90. The lowest BCUT2D eigenvalue weighted by molar-refractivity contribution is 1.01. The highest BCUT2D eigenvalue weighted by atomic mass is 79.9. The van der Waals surface area contributed by atoms with Gasteiger partial charge in [0.05, 0.1) is 4.47 Å². The largest absolute Gasteiger partial charge is 0.228 e. The van der Waals surface area contributed by atoms with E-state index in [1.54, 1.807) is 12.4 Å². The third-order valence-electron chi connectivity index (χ3n) is 1.22. The minimum Gasteiger partial charge on any atom is -0.228 e. The molecule has 0 aliphatic rings. The van der Waals surface area contributed by atoms with Crippen molar-refractivity contribution >= 4 is 15.9 Å². The lowest BCUT2D eigenvalue weighted by Crippen LogP contribution is -1.86. The van der Waals surface area contributed by atoms with E-state index < -0.39 is 0 Å². The molecule has 0 spiro atoms. The van der Waals surface area contributed by atoms with Crippen molar-refractivity contribution in [1.82, 2.24) is 9.97 Å². The Morgan fingerprint density at radius 3 is 2.86 bits per heavy atom. The number of nitrogens with zero attached hydrogens (tertiary/aromatic N) is 5. The van der Waals surface area contributed by atoms with Crippen LogP contribution in [0.1, 0.15) is 12.2 Å². The van der Waals surface area contributed by atoms with E-state index in [9.17, 15) is 0 Å². The van der Waals surface area contributed by atoms with Crippen LogP contribution in [0.25, 0.3) is 10.4 Å². The Bertz CT molecular complexity index is 396. The first-order valence-electron chi connectivity index (χ1n) is 3.80. The van der Waals surface area contributed by atoms with E-state index in [0.717, 1.165) is 4.47 Å². The van der Waals surface area contributed by atoms with Gasteiger partial charge in [-0.25, -0.2) is 9.97 Å². The van der Waals surface area contributed by atoms with Gasteiger partial charge in [-0.15, -0.1) is 0 Å². The monoisotopic (exact) mass is 251 g/mol. The number of halogens is 1. The summed E-state index contributed by atoms with van der Waals surface area (Å²) in [5.74, 6) is 6.02. The molecule has 0 saturated heterocycles. The molecule has 1 aromatic rings. The van der Waals surface area contributed by atoms with Crippen molar-refractivity contribution in [3.8, 4) is 11.8 Å². The smallest absolute Gasteiger partial charge is 0.204 e. The molecule has 0 bridgehead atoms. The second-order valence-electron chi connectivity index (χ2n) is 2.23. The topological polar surface area (TPSA) is 74.5 Å². The first-order valence-corrected chi connectivity index (χ1v) is 4.59. The predicted octanol–water partition coefficient (Wildman–Crippen LogP) is 2.29. The van der Waals surface area contributed by atoms with Crippen LogP contribution in [-0.4, -0.2) is 16.5 Å². The Balaban J connectivity index is 2.51. The summed E-state index contributed by atoms with van der Waals surface area (Å²) in [5.41, 5.74) is 7.99. The predicted molar refractivity (Wildman–Crippen MR) is 55.2 cm³/mol. The second kappa shape index (κ2) is 5.97. The fourth-order valence-corrected chi connectivity index (χ4v) is 0.874. The molecular formula is C8H6BrN5. The maximum absolute atomic E-state index is 7.99. The van der Waals surface area contributed by atoms with Gasteiger partial charge in [0.25, 0.3) is 0 Å². The van der Waals surface area contributed by atoms with E-state index in [0.29, 0.717) is 18.8 Å². The average Bonchev–Trinajstić information content (AvgIpc) is 2.21. The SMILES string of the molecule is [N-]=[N+]=NCCC#Cc1ncc(Br)cn1. The summed E-state index contributed by atoms with van der Waals surface area (Å²) in [7, 11) is 0. The molecule has 0 unspecified atom stereocenters. The summed E-state index contributed by atoms with van der Waals surface area (Å²) in [6, 6.07) is 0. The Hall–Kier alpha value is -1.57. The zero-order valence-electron chi connectivity index (χ0n) is 7.18. The summed E-state index contributed by atoms with van der Waals surface area (Å²) in [4.78, 5) is 10.5. The number of hydrogen-bond acceptors (Lipinski definition) is 3. The average molecular weight is 252 g/mol. The molecule has 1 heterocycles. The molecule has 0 radical (unpaired) electrons. The van der Waals surface area contributed by atoms with Gasteiger partial charge in [-0.3, -0.25) is 0 Å². The van der Waals surface area contributed by atoms with E-state index in [-0.39, 0.29) is 0 Å². The lowest BCUT2D eigenvalue weighted by atomic mass is 10.4. The molecule has 1 rings (SSSR count). The van der Waals surface area contributed by atoms with Gasteiger partial charge in [0.15, 0.2) is 0 Å². The van der Waals surface area contributed by atoms with Crippen LogP contribution in [0.4, 0.5) is 0 Å². The maximum atomic E-state index is 7.99. The van der Waals surface area contributed by atoms with Crippen molar-refractivity contribution in [3.05, 3.63) is 33.1 Å². The number of hydrogen-bond donors (Lipinski definition) is 0. The molecule has 6 heteroatoms. The quantitative estimate of drug-likeness (QED) is 0.266. The van der Waals surface area contributed by atoms with Gasteiger partial charge < -0.3 is 0 Å². The van der Waals surface area contributed by atoms with E-state index in [4.69, 9.17) is 5.53 Å². The van der Waals surface area contributed by atoms with Crippen molar-refractivity contribution in [2.45, 2.75) is 6.42 Å². The van der Waals surface area contributed by atoms with Crippen molar-refractivity contribution in [2.75, 3.05) is 6.54 Å². The maximum Gasteiger partial charge on any atom is 0.204 e. The Morgan fingerprint density at radius 1 is 1.50 bits per heavy atom. The Labute approximate surface area is 89.3 Å². The Kier molecular flexibility index (Phi) is 4.48. The molecule has 0 saturated carbocycles. The minimum atomic E-state index is 0.375. The van der Waals surface area contributed by atoms with Crippen LogP contribution >= 0.6 is 15.9 Å². The highest BCUT2D eigenvalue weighted by molar-refractivity contribution is 9.10. The van der Waals surface area contributed by atoms with E-state index >= 15 is 0 Å². The van der Waals surface area contributed by atoms with Crippen LogP contribution in [0.15, 0.2) is 22.0 Å². The van der Waals surface area contributed by atoms with Crippen LogP contribution in [0.5, 0.6) is 0 Å². The van der Waals surface area contributed by atoms with Gasteiger partial charge in [-0.1, -0.05) is 11.0 Å². The van der Waals surface area contributed by atoms with Crippen LogP contribution in [-0.2, 0) is 0 Å². The molecule has 5 nitrogen and oxygen atoms in total. The summed E-state index contributed by atoms with van der Waals surface area (Å²) >= 11 is 3.22. The fourth-order valence-electron chi connectivity index (χ4n) is 0.669. The molecule has 0 aromatic carbocycles. The number of aromatic nitrogens is 2. The summed E-state index contributed by atoms with van der Waals surface area (Å²) in [5, 5.41) is 3.35. The summed E-state index contributed by atoms with van der Waals surface area (Å²) < 4.78 is 0.817. The second-order valence-corrected chi connectivity index (χ2v) is 3.15. The minimum absolute atomic E-state index is 0.375. The standard InChI is InChI=1S/C8H6BrN5/c9-7-5-11-8(12-6-7)3-1-2-4-13-14-10/h5-6H,2,4H2. The molecule has 0 fully saturated rings. The van der Waals surface area contributed by atoms with Crippen LogP contribution in [0, 0.1) is 11.8 Å². The van der Waals surface area contributed by atoms with E-state index in [2.05, 4.69) is 47.8 Å². The zero-order chi connectivity index (χ0) is 10.2. The van der Waals surface area contributed by atoms with Gasteiger partial charge in [-0.2, -0.15) is 0 Å². The lowest BCUT2D eigenvalue weighted by Gasteiger charge is -1.88. The number of azide groups is 1. The van der Waals surface area contributed by atoms with Crippen LogP contribution in [0.3, 0.4) is 0 Å². The highest BCUT2D eigenvalue weighted by Crippen LogP contribution is 2.03. The van der Waals surface area contributed by atoms with Crippen molar-refractivity contribution in [2.24, 2.45) is 5.11 Å². The Morgan fingerprint density at radius 2 is 2.21 bits per heavy atom. The third-order valence-corrected chi connectivity index (χ3v) is 1.63. The van der Waals surface area contributed by atoms with E-state index in [1.165, 1.54) is 0 Å². The molecule has 0 aliphatic heterocycles. The molecule has 1 aromatic heterocycles. The van der Waals surface area contributed by atoms with Gasteiger partial charge in [0.2, 0.25) is 5.82 Å². The first kappa shape index (κ1) is 10.5.